The Bertz CT molecular complexity index is 911. The minimum atomic E-state index is -0.540. The van der Waals surface area contributed by atoms with Crippen molar-refractivity contribution in [1.82, 2.24) is 9.55 Å². The Labute approximate surface area is 170 Å². The van der Waals surface area contributed by atoms with E-state index in [2.05, 4.69) is 4.98 Å². The number of amides is 1. The summed E-state index contributed by atoms with van der Waals surface area (Å²) in [7, 11) is 0. The first-order chi connectivity index (χ1) is 13.5. The predicted octanol–water partition coefficient (Wildman–Crippen LogP) is 4.41. The summed E-state index contributed by atoms with van der Waals surface area (Å²) < 4.78 is 8.04. The molecule has 0 aliphatic rings. The third-order valence-electron chi connectivity index (χ3n) is 4.80. The molecule has 0 aliphatic heterocycles. The molecule has 2 aromatic carbocycles. The van der Waals surface area contributed by atoms with Crippen molar-refractivity contribution in [2.75, 3.05) is 0 Å². The van der Waals surface area contributed by atoms with Crippen LogP contribution in [0.1, 0.15) is 41.0 Å². The van der Waals surface area contributed by atoms with Gasteiger partial charge in [0.1, 0.15) is 5.69 Å². The van der Waals surface area contributed by atoms with E-state index in [1.807, 2.05) is 66.1 Å². The summed E-state index contributed by atoms with van der Waals surface area (Å²) in [5.74, 6) is -0.540. The number of imidazole rings is 1. The summed E-state index contributed by atoms with van der Waals surface area (Å²) in [5.41, 5.74) is 7.80. The summed E-state index contributed by atoms with van der Waals surface area (Å²) in [6.07, 6.45) is 4.79. The summed E-state index contributed by atoms with van der Waals surface area (Å²) in [4.78, 5) is 15.6. The number of aromatic nitrogens is 2. The second-order valence-corrected chi connectivity index (χ2v) is 7.18. The Morgan fingerprint density at radius 3 is 2.57 bits per heavy atom. The van der Waals surface area contributed by atoms with Gasteiger partial charge in [0, 0.05) is 11.2 Å². The van der Waals surface area contributed by atoms with E-state index in [-0.39, 0.29) is 17.8 Å². The van der Waals surface area contributed by atoms with Crippen LogP contribution in [0.25, 0.3) is 0 Å². The topological polar surface area (TPSA) is 70.1 Å². The molecule has 0 saturated heterocycles. The molecule has 2 N–H and O–H groups in total. The molecule has 0 saturated carbocycles. The number of nitrogens with two attached hydrogens (primary N) is 1. The number of benzene rings is 2. The highest BCUT2D eigenvalue weighted by Crippen LogP contribution is 2.25. The van der Waals surface area contributed by atoms with Crippen molar-refractivity contribution in [2.24, 2.45) is 5.73 Å². The number of ether oxygens (including phenoxy) is 1. The normalized spacial score (nSPS) is 13.2. The maximum atomic E-state index is 11.4. The molecule has 1 aromatic heterocycles. The van der Waals surface area contributed by atoms with Crippen molar-refractivity contribution < 1.29 is 9.53 Å². The van der Waals surface area contributed by atoms with Crippen molar-refractivity contribution in [1.29, 1.82) is 0 Å². The van der Waals surface area contributed by atoms with Crippen molar-refractivity contribution in [3.8, 4) is 0 Å². The van der Waals surface area contributed by atoms with E-state index in [0.717, 1.165) is 29.0 Å². The predicted molar refractivity (Wildman–Crippen MR) is 110 cm³/mol. The zero-order valence-corrected chi connectivity index (χ0v) is 16.5. The minimum absolute atomic E-state index is 0.0133. The first-order valence-corrected chi connectivity index (χ1v) is 9.64. The molecule has 3 rings (SSSR count). The lowest BCUT2D eigenvalue weighted by Gasteiger charge is -2.26. The number of hydrogen-bond donors (Lipinski definition) is 1. The Kier molecular flexibility index (Phi) is 6.85. The maximum absolute atomic E-state index is 11.4. The Morgan fingerprint density at radius 2 is 1.89 bits per heavy atom. The number of nitrogens with zero attached hydrogens (tertiary/aromatic N) is 2. The van der Waals surface area contributed by atoms with Crippen LogP contribution in [0.2, 0.25) is 5.02 Å². The molecule has 0 unspecified atom stereocenters. The minimum Gasteiger partial charge on any atom is -0.372 e. The van der Waals surface area contributed by atoms with Gasteiger partial charge in [0.05, 0.1) is 25.1 Å². The highest BCUT2D eigenvalue weighted by atomic mass is 35.5. The monoisotopic (exact) mass is 397 g/mol. The van der Waals surface area contributed by atoms with E-state index in [9.17, 15) is 4.79 Å². The zero-order valence-electron chi connectivity index (χ0n) is 15.8. The fourth-order valence-corrected chi connectivity index (χ4v) is 3.42. The second kappa shape index (κ2) is 9.53. The van der Waals surface area contributed by atoms with Crippen molar-refractivity contribution in [3.63, 3.8) is 0 Å². The SMILES string of the molecule is C[C@H](OCc1ccccc1)[C@@H](CCc1ccccc1Cl)n1cnc(C(N)=O)c1. The lowest BCUT2D eigenvalue weighted by atomic mass is 10.0. The molecule has 28 heavy (non-hydrogen) atoms. The summed E-state index contributed by atoms with van der Waals surface area (Å²) >= 11 is 6.31. The van der Waals surface area contributed by atoms with Crippen LogP contribution in [-0.4, -0.2) is 21.6 Å². The Morgan fingerprint density at radius 1 is 1.18 bits per heavy atom. The standard InChI is InChI=1S/C22H24ClN3O2/c1-16(28-14-17-7-3-2-4-8-17)21(26-13-20(22(24)27)25-15-26)12-11-18-9-5-6-10-19(18)23/h2-10,13,15-16,21H,11-12,14H2,1H3,(H2,24,27)/t16-,21+/m0/s1. The van der Waals surface area contributed by atoms with Gasteiger partial charge >= 0.3 is 0 Å². The van der Waals surface area contributed by atoms with E-state index in [1.54, 1.807) is 12.5 Å². The van der Waals surface area contributed by atoms with Crippen LogP contribution in [0, 0.1) is 0 Å². The number of primary amides is 1. The second-order valence-electron chi connectivity index (χ2n) is 6.77. The molecule has 6 heteroatoms. The number of rotatable bonds is 9. The quantitative estimate of drug-likeness (QED) is 0.581. The molecule has 0 radical (unpaired) electrons. The Balaban J connectivity index is 1.74. The highest BCUT2D eigenvalue weighted by Gasteiger charge is 2.21. The summed E-state index contributed by atoms with van der Waals surface area (Å²) in [5, 5.41) is 0.752. The van der Waals surface area contributed by atoms with Crippen LogP contribution in [0.15, 0.2) is 67.1 Å². The molecule has 0 bridgehead atoms. The van der Waals surface area contributed by atoms with Crippen LogP contribution in [-0.2, 0) is 17.8 Å². The van der Waals surface area contributed by atoms with E-state index in [0.29, 0.717) is 6.61 Å². The molecule has 1 heterocycles. The first kappa shape index (κ1) is 20.1. The zero-order chi connectivity index (χ0) is 19.9. The van der Waals surface area contributed by atoms with Crippen molar-refractivity contribution in [3.05, 3.63) is 89.0 Å². The molecule has 0 aliphatic carbocycles. The largest absolute Gasteiger partial charge is 0.372 e. The summed E-state index contributed by atoms with van der Waals surface area (Å²) in [6.45, 7) is 2.55. The fraction of sp³-hybridized carbons (Fsp3) is 0.273. The first-order valence-electron chi connectivity index (χ1n) is 9.27. The lowest BCUT2D eigenvalue weighted by Crippen LogP contribution is -2.24. The van der Waals surface area contributed by atoms with Gasteiger partial charge in [0.2, 0.25) is 0 Å². The third kappa shape index (κ3) is 5.21. The van der Waals surface area contributed by atoms with E-state index < -0.39 is 5.91 Å². The van der Waals surface area contributed by atoms with Crippen molar-refractivity contribution in [2.45, 2.75) is 38.5 Å². The number of aryl methyl sites for hydroxylation is 1. The molecule has 0 spiro atoms. The van der Waals surface area contributed by atoms with Gasteiger partial charge in [-0.15, -0.1) is 0 Å². The molecular weight excluding hydrogens is 374 g/mol. The van der Waals surface area contributed by atoms with Gasteiger partial charge in [-0.1, -0.05) is 60.1 Å². The van der Waals surface area contributed by atoms with Crippen molar-refractivity contribution >= 4 is 17.5 Å². The van der Waals surface area contributed by atoms with Crippen LogP contribution < -0.4 is 5.73 Å². The van der Waals surface area contributed by atoms with E-state index >= 15 is 0 Å². The molecule has 146 valence electrons. The van der Waals surface area contributed by atoms with Crippen LogP contribution >= 0.6 is 11.6 Å². The van der Waals surface area contributed by atoms with Gasteiger partial charge in [-0.25, -0.2) is 4.98 Å². The van der Waals surface area contributed by atoms with Crippen LogP contribution in [0.4, 0.5) is 0 Å². The highest BCUT2D eigenvalue weighted by molar-refractivity contribution is 6.31. The molecule has 3 aromatic rings. The number of carbonyl (C=O) groups is 1. The van der Waals surface area contributed by atoms with E-state index in [4.69, 9.17) is 22.1 Å². The number of hydrogen-bond acceptors (Lipinski definition) is 3. The van der Waals surface area contributed by atoms with Crippen LogP contribution in [0.3, 0.4) is 0 Å². The molecule has 5 nitrogen and oxygen atoms in total. The van der Waals surface area contributed by atoms with Gasteiger partial charge in [-0.2, -0.15) is 0 Å². The number of carbonyl (C=O) groups excluding carboxylic acids is 1. The average Bonchev–Trinajstić information content (AvgIpc) is 3.19. The maximum Gasteiger partial charge on any atom is 0.268 e. The lowest BCUT2D eigenvalue weighted by molar-refractivity contribution is 0.0148. The van der Waals surface area contributed by atoms with Gasteiger partial charge in [-0.3, -0.25) is 4.79 Å². The average molecular weight is 398 g/mol. The molecule has 1 amide bonds. The molecule has 0 fully saturated rings. The van der Waals surface area contributed by atoms with E-state index in [1.165, 1.54) is 0 Å². The van der Waals surface area contributed by atoms with Crippen LogP contribution in [0.5, 0.6) is 0 Å². The molecular formula is C22H24ClN3O2. The Hall–Kier alpha value is -2.63. The van der Waals surface area contributed by atoms with Gasteiger partial charge in [0.25, 0.3) is 5.91 Å². The smallest absolute Gasteiger partial charge is 0.268 e. The van der Waals surface area contributed by atoms with Gasteiger partial charge < -0.3 is 15.0 Å². The van der Waals surface area contributed by atoms with Gasteiger partial charge in [-0.05, 0) is 37.0 Å². The molecule has 2 atom stereocenters. The fourth-order valence-electron chi connectivity index (χ4n) is 3.19. The third-order valence-corrected chi connectivity index (χ3v) is 5.17. The summed E-state index contributed by atoms with van der Waals surface area (Å²) in [6, 6.07) is 17.8. The van der Waals surface area contributed by atoms with Gasteiger partial charge in [0.15, 0.2) is 0 Å². The number of halogens is 1.